The van der Waals surface area contributed by atoms with Crippen LogP contribution in [0.5, 0.6) is 0 Å². The van der Waals surface area contributed by atoms with Crippen LogP contribution in [0.2, 0.25) is 0 Å². The Labute approximate surface area is 349 Å². The molecule has 3 aliphatic rings. The van der Waals surface area contributed by atoms with Gasteiger partial charge >= 0.3 is 0 Å². The Morgan fingerprint density at radius 2 is 1.24 bits per heavy atom. The van der Waals surface area contributed by atoms with E-state index >= 15 is 0 Å². The summed E-state index contributed by atoms with van der Waals surface area (Å²) in [6.07, 6.45) is 13.2. The van der Waals surface area contributed by atoms with E-state index in [1.807, 2.05) is 11.3 Å². The Kier molecular flexibility index (Phi) is 7.62. The van der Waals surface area contributed by atoms with E-state index < -0.39 is 5.41 Å². The van der Waals surface area contributed by atoms with Gasteiger partial charge in [-0.05, 0) is 105 Å². The van der Waals surface area contributed by atoms with Crippen LogP contribution in [0, 0.1) is 11.8 Å². The van der Waals surface area contributed by atoms with Gasteiger partial charge in [-0.15, -0.1) is 11.3 Å². The molecule has 3 aliphatic carbocycles. The molecule has 0 saturated carbocycles. The Morgan fingerprint density at radius 3 is 1.95 bits per heavy atom. The molecule has 2 heterocycles. The predicted molar refractivity (Wildman–Crippen MR) is 251 cm³/mol. The first-order valence-corrected chi connectivity index (χ1v) is 21.8. The number of rotatable bonds is 5. The van der Waals surface area contributed by atoms with Crippen LogP contribution in [0.4, 0.5) is 0 Å². The lowest BCUT2D eigenvalue weighted by atomic mass is 9.60. The van der Waals surface area contributed by atoms with E-state index in [-0.39, 0.29) is 11.3 Å². The van der Waals surface area contributed by atoms with Gasteiger partial charge in [0.15, 0.2) is 0 Å². The van der Waals surface area contributed by atoms with Gasteiger partial charge in [0.25, 0.3) is 0 Å². The highest BCUT2D eigenvalue weighted by molar-refractivity contribution is 7.17. The van der Waals surface area contributed by atoms with Gasteiger partial charge < -0.3 is 4.57 Å². The molecule has 0 spiro atoms. The first kappa shape index (κ1) is 34.6. The lowest BCUT2D eigenvalue weighted by Crippen LogP contribution is -2.44. The van der Waals surface area contributed by atoms with Gasteiger partial charge in [0, 0.05) is 42.4 Å². The fourth-order valence-corrected chi connectivity index (χ4v) is 12.3. The molecular formula is C57H43NS. The zero-order valence-electron chi connectivity index (χ0n) is 33.3. The minimum atomic E-state index is -0.434. The molecule has 0 bridgehead atoms. The fraction of sp³-hybridized carbons (Fsp3) is 0.123. The zero-order chi connectivity index (χ0) is 39.3. The maximum atomic E-state index is 2.64. The molecule has 282 valence electrons. The standard InChI is InChI=1S/C57H43NS/c1-37-16-12-13-23-44(37)40-27-31-52-47(33-40)46-32-39(38-17-6-3-7-18-38)26-30-51(46)58(52)43-28-29-49-50(34-43)57(41-19-8-4-9-20-41,42-21-10-5-11-22-42)55-35-54-48(36-56(49,55)2)45-24-14-15-25-53(45)59-54/h3-15,17-37,55H,16H2,1-2H3. The zero-order valence-corrected chi connectivity index (χ0v) is 34.1. The van der Waals surface area contributed by atoms with Gasteiger partial charge in [0.05, 0.1) is 16.4 Å². The quantitative estimate of drug-likeness (QED) is 0.164. The van der Waals surface area contributed by atoms with Gasteiger partial charge in [-0.3, -0.25) is 0 Å². The summed E-state index contributed by atoms with van der Waals surface area (Å²) in [5, 5.41) is 5.29. The van der Waals surface area contributed by atoms with Gasteiger partial charge in [0.2, 0.25) is 0 Å². The molecule has 3 atom stereocenters. The molecule has 12 rings (SSSR count). The number of thiophene rings is 1. The van der Waals surface area contributed by atoms with Crippen LogP contribution in [0.3, 0.4) is 0 Å². The summed E-state index contributed by atoms with van der Waals surface area (Å²) in [5.41, 5.74) is 13.6. The topological polar surface area (TPSA) is 4.93 Å². The van der Waals surface area contributed by atoms with Crippen molar-refractivity contribution >= 4 is 61.0 Å². The molecule has 9 aromatic rings. The van der Waals surface area contributed by atoms with Crippen molar-refractivity contribution in [1.82, 2.24) is 4.57 Å². The second kappa shape index (κ2) is 13.0. The van der Waals surface area contributed by atoms with Crippen LogP contribution in [0.15, 0.2) is 188 Å². The fourth-order valence-electron chi connectivity index (χ4n) is 11.2. The van der Waals surface area contributed by atoms with Crippen molar-refractivity contribution in [3.63, 3.8) is 0 Å². The average Bonchev–Trinajstić information content (AvgIpc) is 3.89. The molecule has 1 nitrogen and oxygen atoms in total. The van der Waals surface area contributed by atoms with E-state index in [9.17, 15) is 0 Å². The lowest BCUT2D eigenvalue weighted by molar-refractivity contribution is 0.405. The Hall–Kier alpha value is -6.48. The third-order valence-corrected chi connectivity index (χ3v) is 15.1. The summed E-state index contributed by atoms with van der Waals surface area (Å²) < 4.78 is 5.26. The van der Waals surface area contributed by atoms with Crippen LogP contribution in [-0.4, -0.2) is 4.57 Å². The van der Waals surface area contributed by atoms with E-state index in [0.717, 1.165) is 6.42 Å². The first-order valence-electron chi connectivity index (χ1n) is 21.0. The molecule has 0 amide bonds. The van der Waals surface area contributed by atoms with E-state index in [4.69, 9.17) is 0 Å². The highest BCUT2D eigenvalue weighted by atomic mass is 32.1. The van der Waals surface area contributed by atoms with Crippen LogP contribution in [0.25, 0.3) is 66.4 Å². The number of fused-ring (bicyclic) bond motifs is 9. The van der Waals surface area contributed by atoms with Crippen molar-refractivity contribution in [1.29, 1.82) is 0 Å². The number of nitrogens with zero attached hydrogens (tertiary/aromatic N) is 1. The average molecular weight is 774 g/mol. The van der Waals surface area contributed by atoms with Gasteiger partial charge in [-0.25, -0.2) is 0 Å². The maximum absolute atomic E-state index is 2.64. The van der Waals surface area contributed by atoms with Crippen LogP contribution >= 0.6 is 11.3 Å². The second-order valence-electron chi connectivity index (χ2n) is 17.1. The van der Waals surface area contributed by atoms with E-state index in [2.05, 4.69) is 219 Å². The first-order chi connectivity index (χ1) is 29.0. The molecule has 2 heteroatoms. The van der Waals surface area contributed by atoms with Crippen molar-refractivity contribution in [3.05, 3.63) is 226 Å². The van der Waals surface area contributed by atoms with E-state index in [1.54, 1.807) is 0 Å². The lowest BCUT2D eigenvalue weighted by Gasteiger charge is -2.42. The monoisotopic (exact) mass is 773 g/mol. The van der Waals surface area contributed by atoms with Crippen LogP contribution in [0.1, 0.15) is 48.1 Å². The summed E-state index contributed by atoms with van der Waals surface area (Å²) in [7, 11) is 0. The van der Waals surface area contributed by atoms with Crippen molar-refractivity contribution < 1.29 is 0 Å². The molecule has 0 aliphatic heterocycles. The summed E-state index contributed by atoms with van der Waals surface area (Å²) in [5.74, 6) is 0.632. The molecule has 0 N–H and O–H groups in total. The van der Waals surface area contributed by atoms with Crippen LogP contribution in [-0.2, 0) is 10.8 Å². The molecule has 3 unspecified atom stereocenters. The Balaban J connectivity index is 1.16. The van der Waals surface area contributed by atoms with Crippen molar-refractivity contribution in [2.24, 2.45) is 11.8 Å². The summed E-state index contributed by atoms with van der Waals surface area (Å²) in [4.78, 5) is 0. The highest BCUT2D eigenvalue weighted by Crippen LogP contribution is 2.62. The Bertz CT molecular complexity index is 3290. The van der Waals surface area contributed by atoms with Crippen molar-refractivity contribution in [3.8, 4) is 16.8 Å². The maximum Gasteiger partial charge on any atom is 0.0541 e. The number of hydrogen-bond donors (Lipinski definition) is 0. The van der Waals surface area contributed by atoms with Crippen LogP contribution < -0.4 is 9.75 Å². The van der Waals surface area contributed by atoms with Crippen molar-refractivity contribution in [2.75, 3.05) is 0 Å². The van der Waals surface area contributed by atoms with E-state index in [1.165, 1.54) is 91.8 Å². The summed E-state index contributed by atoms with van der Waals surface area (Å²) in [6.45, 7) is 4.85. The largest absolute Gasteiger partial charge is 0.309 e. The van der Waals surface area contributed by atoms with Gasteiger partial charge in [-0.2, -0.15) is 0 Å². The number of benzene rings is 7. The smallest absolute Gasteiger partial charge is 0.0541 e. The normalized spacial score (nSPS) is 20.1. The van der Waals surface area contributed by atoms with E-state index in [0.29, 0.717) is 5.92 Å². The second-order valence-corrected chi connectivity index (χ2v) is 18.2. The molecule has 0 fully saturated rings. The summed E-state index contributed by atoms with van der Waals surface area (Å²) in [6, 6.07) is 64.1. The number of aromatic nitrogens is 1. The Morgan fingerprint density at radius 1 is 0.593 bits per heavy atom. The minimum absolute atomic E-state index is 0.152. The minimum Gasteiger partial charge on any atom is -0.309 e. The molecule has 0 radical (unpaired) electrons. The van der Waals surface area contributed by atoms with Gasteiger partial charge in [-0.1, -0.05) is 172 Å². The molecule has 59 heavy (non-hydrogen) atoms. The molecule has 2 aromatic heterocycles. The summed E-state index contributed by atoms with van der Waals surface area (Å²) >= 11 is 1.93. The SMILES string of the molecule is CC1CC=CC=C1c1ccc2c(c1)c1cc(-c3ccccc3)ccc1n2-c1ccc2c(c1)C(c1ccccc1)(c1ccccc1)C1C=c3sc4ccccc4c3=CC21C. The third kappa shape index (κ3) is 4.96. The highest BCUT2D eigenvalue weighted by Gasteiger charge is 2.58. The third-order valence-electron chi connectivity index (χ3n) is 13.9. The number of allylic oxidation sites excluding steroid dienone is 4. The molecular weight excluding hydrogens is 731 g/mol. The molecule has 7 aromatic carbocycles. The van der Waals surface area contributed by atoms with Crippen molar-refractivity contribution in [2.45, 2.75) is 31.1 Å². The molecule has 0 saturated heterocycles. The van der Waals surface area contributed by atoms with Gasteiger partial charge in [0.1, 0.15) is 0 Å². The number of hydrogen-bond acceptors (Lipinski definition) is 1. The predicted octanol–water partition coefficient (Wildman–Crippen LogP) is 13.1.